The lowest BCUT2D eigenvalue weighted by Crippen LogP contribution is -2.35. The molecule has 1 saturated carbocycles. The maximum atomic E-state index is 11.4. The number of thiophene rings is 1. The highest BCUT2D eigenvalue weighted by molar-refractivity contribution is 7.09. The molecular weight excluding hydrogens is 248 g/mol. The molecule has 0 aromatic carbocycles. The molecule has 1 amide bonds. The van der Waals surface area contributed by atoms with Crippen molar-refractivity contribution in [3.8, 4) is 0 Å². The van der Waals surface area contributed by atoms with Crippen LogP contribution < -0.4 is 16.4 Å². The Morgan fingerprint density at radius 2 is 2.39 bits per heavy atom. The molecule has 98 valence electrons. The van der Waals surface area contributed by atoms with Gasteiger partial charge in [-0.3, -0.25) is 4.79 Å². The highest BCUT2D eigenvalue weighted by Gasteiger charge is 2.22. The molecule has 2 rings (SSSR count). The molecule has 1 fully saturated rings. The van der Waals surface area contributed by atoms with Gasteiger partial charge in [-0.15, -0.1) is 11.3 Å². The van der Waals surface area contributed by atoms with Crippen LogP contribution in [0.1, 0.15) is 17.7 Å². The van der Waals surface area contributed by atoms with Crippen molar-refractivity contribution in [2.24, 2.45) is 10.7 Å². The van der Waals surface area contributed by atoms with E-state index in [0.717, 1.165) is 25.8 Å². The number of rotatable bonds is 6. The summed E-state index contributed by atoms with van der Waals surface area (Å²) in [4.78, 5) is 16.7. The number of aliphatic imine (C=N–C) groups is 1. The van der Waals surface area contributed by atoms with Crippen molar-refractivity contribution in [2.75, 3.05) is 13.1 Å². The number of nitrogens with two attached hydrogens (primary N) is 1. The zero-order valence-electron chi connectivity index (χ0n) is 10.2. The fourth-order valence-electron chi connectivity index (χ4n) is 1.48. The van der Waals surface area contributed by atoms with Crippen molar-refractivity contribution in [1.82, 2.24) is 10.6 Å². The third-order valence-electron chi connectivity index (χ3n) is 2.59. The molecule has 1 heterocycles. The summed E-state index contributed by atoms with van der Waals surface area (Å²) in [5, 5.41) is 7.91. The fraction of sp³-hybridized carbons (Fsp3) is 0.500. The third-order valence-corrected chi connectivity index (χ3v) is 3.53. The van der Waals surface area contributed by atoms with E-state index in [1.807, 2.05) is 6.07 Å². The normalized spacial score (nSPS) is 15.4. The van der Waals surface area contributed by atoms with E-state index in [2.05, 4.69) is 27.1 Å². The summed E-state index contributed by atoms with van der Waals surface area (Å²) < 4.78 is 0. The average Bonchev–Trinajstić information content (AvgIpc) is 3.00. The Morgan fingerprint density at radius 3 is 3.06 bits per heavy atom. The quantitative estimate of drug-likeness (QED) is 0.517. The molecule has 0 unspecified atom stereocenters. The van der Waals surface area contributed by atoms with Crippen LogP contribution in [0, 0.1) is 0 Å². The second kappa shape index (κ2) is 6.39. The molecule has 0 aliphatic heterocycles. The van der Waals surface area contributed by atoms with Gasteiger partial charge in [-0.1, -0.05) is 6.07 Å². The van der Waals surface area contributed by atoms with Crippen molar-refractivity contribution < 1.29 is 4.79 Å². The van der Waals surface area contributed by atoms with Gasteiger partial charge >= 0.3 is 0 Å². The van der Waals surface area contributed by atoms with Gasteiger partial charge in [0.2, 0.25) is 5.91 Å². The summed E-state index contributed by atoms with van der Waals surface area (Å²) in [5.74, 6) is 0.276. The number of nitrogens with zero attached hydrogens (tertiary/aromatic N) is 1. The zero-order valence-corrected chi connectivity index (χ0v) is 11.0. The topological polar surface area (TPSA) is 79.5 Å². The Hall–Kier alpha value is -1.56. The summed E-state index contributed by atoms with van der Waals surface area (Å²) in [5.41, 5.74) is 5.67. The van der Waals surface area contributed by atoms with Crippen LogP contribution in [0.15, 0.2) is 22.5 Å². The Bertz CT molecular complexity index is 412. The lowest BCUT2D eigenvalue weighted by molar-refractivity contribution is -0.119. The van der Waals surface area contributed by atoms with E-state index in [9.17, 15) is 4.79 Å². The second-order valence-electron chi connectivity index (χ2n) is 4.30. The van der Waals surface area contributed by atoms with E-state index in [1.165, 1.54) is 4.88 Å². The molecule has 5 nitrogen and oxygen atoms in total. The molecule has 0 atom stereocenters. The Morgan fingerprint density at radius 1 is 1.56 bits per heavy atom. The van der Waals surface area contributed by atoms with Gasteiger partial charge in [0.05, 0.1) is 0 Å². The van der Waals surface area contributed by atoms with Crippen LogP contribution in [0.5, 0.6) is 0 Å². The summed E-state index contributed by atoms with van der Waals surface area (Å²) in [6.45, 7) is 0.842. The van der Waals surface area contributed by atoms with Crippen LogP contribution in [0.25, 0.3) is 0 Å². The molecular formula is C12H18N4OS. The van der Waals surface area contributed by atoms with Gasteiger partial charge in [0.15, 0.2) is 5.96 Å². The van der Waals surface area contributed by atoms with E-state index < -0.39 is 0 Å². The monoisotopic (exact) mass is 266 g/mol. The molecule has 0 bridgehead atoms. The molecule has 0 radical (unpaired) electrons. The van der Waals surface area contributed by atoms with Gasteiger partial charge in [-0.25, -0.2) is 4.99 Å². The first-order valence-electron chi connectivity index (χ1n) is 6.09. The Balaban J connectivity index is 1.60. The SMILES string of the molecule is NC(=NCC(=O)NC1CC1)NCCc1cccs1. The van der Waals surface area contributed by atoms with E-state index in [-0.39, 0.29) is 12.5 Å². The van der Waals surface area contributed by atoms with Crippen molar-refractivity contribution in [2.45, 2.75) is 25.3 Å². The van der Waals surface area contributed by atoms with Crippen molar-refractivity contribution in [3.05, 3.63) is 22.4 Å². The van der Waals surface area contributed by atoms with Crippen LogP contribution >= 0.6 is 11.3 Å². The van der Waals surface area contributed by atoms with Gasteiger partial charge in [0.25, 0.3) is 0 Å². The highest BCUT2D eigenvalue weighted by atomic mass is 32.1. The van der Waals surface area contributed by atoms with Crippen molar-refractivity contribution >= 4 is 23.2 Å². The lowest BCUT2D eigenvalue weighted by Gasteiger charge is -2.04. The molecule has 1 aromatic rings. The maximum absolute atomic E-state index is 11.4. The van der Waals surface area contributed by atoms with Crippen LogP contribution in [0.4, 0.5) is 0 Å². The van der Waals surface area contributed by atoms with Gasteiger partial charge < -0.3 is 16.4 Å². The molecule has 0 spiro atoms. The molecule has 1 aliphatic rings. The summed E-state index contributed by atoms with van der Waals surface area (Å²) in [6, 6.07) is 4.49. The molecule has 6 heteroatoms. The number of hydrogen-bond donors (Lipinski definition) is 3. The fourth-order valence-corrected chi connectivity index (χ4v) is 2.19. The van der Waals surface area contributed by atoms with E-state index >= 15 is 0 Å². The molecule has 1 aromatic heterocycles. The van der Waals surface area contributed by atoms with E-state index in [0.29, 0.717) is 12.0 Å². The van der Waals surface area contributed by atoms with E-state index in [1.54, 1.807) is 11.3 Å². The summed E-state index contributed by atoms with van der Waals surface area (Å²) in [7, 11) is 0. The van der Waals surface area contributed by atoms with E-state index in [4.69, 9.17) is 5.73 Å². The number of carbonyl (C=O) groups is 1. The summed E-state index contributed by atoms with van der Waals surface area (Å²) in [6.07, 6.45) is 3.09. The number of guanidine groups is 1. The van der Waals surface area contributed by atoms with Gasteiger partial charge in [-0.2, -0.15) is 0 Å². The first kappa shape index (κ1) is 12.9. The number of carbonyl (C=O) groups excluding carboxylic acids is 1. The van der Waals surface area contributed by atoms with Gasteiger partial charge in [0, 0.05) is 17.5 Å². The number of amides is 1. The van der Waals surface area contributed by atoms with Crippen LogP contribution in [0.2, 0.25) is 0 Å². The smallest absolute Gasteiger partial charge is 0.242 e. The molecule has 0 saturated heterocycles. The second-order valence-corrected chi connectivity index (χ2v) is 5.33. The van der Waals surface area contributed by atoms with Crippen LogP contribution in [0.3, 0.4) is 0 Å². The van der Waals surface area contributed by atoms with Crippen molar-refractivity contribution in [1.29, 1.82) is 0 Å². The number of hydrogen-bond acceptors (Lipinski definition) is 3. The molecule has 1 aliphatic carbocycles. The lowest BCUT2D eigenvalue weighted by atomic mass is 10.3. The predicted octanol–water partition coefficient (Wildman–Crippen LogP) is 0.474. The molecule has 18 heavy (non-hydrogen) atoms. The van der Waals surface area contributed by atoms with Gasteiger partial charge in [0.1, 0.15) is 6.54 Å². The minimum absolute atomic E-state index is 0.0551. The minimum Gasteiger partial charge on any atom is -0.370 e. The Kier molecular flexibility index (Phi) is 4.58. The molecule has 4 N–H and O–H groups in total. The summed E-state index contributed by atoms with van der Waals surface area (Å²) >= 11 is 1.72. The van der Waals surface area contributed by atoms with Crippen molar-refractivity contribution in [3.63, 3.8) is 0 Å². The highest BCUT2D eigenvalue weighted by Crippen LogP contribution is 2.18. The van der Waals surface area contributed by atoms with Gasteiger partial charge in [-0.05, 0) is 30.7 Å². The largest absolute Gasteiger partial charge is 0.370 e. The first-order chi connectivity index (χ1) is 8.74. The third kappa shape index (κ3) is 4.75. The predicted molar refractivity (Wildman–Crippen MR) is 73.7 cm³/mol. The Labute approximate surface area is 110 Å². The standard InChI is InChI=1S/C12H18N4OS/c13-12(14-6-5-10-2-1-7-18-10)15-8-11(17)16-9-3-4-9/h1-2,7,9H,3-6,8H2,(H,16,17)(H3,13,14,15). The first-order valence-corrected chi connectivity index (χ1v) is 6.97. The van der Waals surface area contributed by atoms with Crippen LogP contribution in [-0.4, -0.2) is 31.0 Å². The number of nitrogens with one attached hydrogen (secondary N) is 2. The maximum Gasteiger partial charge on any atom is 0.242 e. The average molecular weight is 266 g/mol. The minimum atomic E-state index is -0.0551. The van der Waals surface area contributed by atoms with Crippen LogP contribution in [-0.2, 0) is 11.2 Å². The zero-order chi connectivity index (χ0) is 12.8.